The maximum Gasteiger partial charge on any atom is 0.270 e. The molecule has 2 aromatic rings. The number of hydrogen-bond donors (Lipinski definition) is 0. The van der Waals surface area contributed by atoms with Crippen LogP contribution in [-0.4, -0.2) is 67.7 Å². The number of carbonyl (C=O) groups excluding carboxylic acids is 1. The zero-order chi connectivity index (χ0) is 23.8. The Balaban J connectivity index is 1.58. The number of carbonyl (C=O) groups is 1. The van der Waals surface area contributed by atoms with Crippen molar-refractivity contribution >= 4 is 38.9 Å². The molecular formula is C21H22ClFN4O5S. The SMILES string of the molecule is O=C(c1ccc(F)cc1Cl)N1CCN(c2ccc([N+](=O)[O-])cc2S(=O)(=O)N2CCCC2)CC1. The standard InChI is InChI=1S/C21H22ClFN4O5S/c22-18-13-15(23)3-5-17(18)21(28)25-11-9-24(10-12-25)19-6-4-16(27(29)30)14-20(19)33(31,32)26-7-1-2-8-26/h3-6,13-14H,1-2,7-12H2. The minimum Gasteiger partial charge on any atom is -0.367 e. The first kappa shape index (κ1) is 23.4. The molecular weight excluding hydrogens is 475 g/mol. The van der Waals surface area contributed by atoms with Crippen molar-refractivity contribution in [1.82, 2.24) is 9.21 Å². The summed E-state index contributed by atoms with van der Waals surface area (Å²) in [6.45, 7) is 1.98. The molecule has 0 atom stereocenters. The maximum atomic E-state index is 13.3. The van der Waals surface area contributed by atoms with Crippen molar-refractivity contribution in [1.29, 1.82) is 0 Å². The summed E-state index contributed by atoms with van der Waals surface area (Å²) >= 11 is 6.02. The topological polar surface area (TPSA) is 104 Å². The van der Waals surface area contributed by atoms with Crippen LogP contribution in [0.15, 0.2) is 41.3 Å². The van der Waals surface area contributed by atoms with Crippen molar-refractivity contribution in [2.75, 3.05) is 44.2 Å². The van der Waals surface area contributed by atoms with Gasteiger partial charge in [-0.05, 0) is 37.1 Å². The molecule has 0 N–H and O–H groups in total. The minimum absolute atomic E-state index is 0.0248. The molecule has 176 valence electrons. The Labute approximate surface area is 195 Å². The fourth-order valence-corrected chi connectivity index (χ4v) is 6.13. The van der Waals surface area contributed by atoms with Gasteiger partial charge in [-0.15, -0.1) is 0 Å². The van der Waals surface area contributed by atoms with Crippen LogP contribution in [0.4, 0.5) is 15.8 Å². The lowest BCUT2D eigenvalue weighted by molar-refractivity contribution is -0.385. The number of rotatable bonds is 5. The van der Waals surface area contributed by atoms with E-state index < -0.39 is 20.8 Å². The third-order valence-corrected chi connectivity index (χ3v) is 8.15. The highest BCUT2D eigenvalue weighted by molar-refractivity contribution is 7.89. The molecule has 12 heteroatoms. The Morgan fingerprint density at radius 3 is 2.27 bits per heavy atom. The third kappa shape index (κ3) is 4.66. The second kappa shape index (κ2) is 9.24. The van der Waals surface area contributed by atoms with Gasteiger partial charge >= 0.3 is 0 Å². The summed E-state index contributed by atoms with van der Waals surface area (Å²) in [5.74, 6) is -0.875. The van der Waals surface area contributed by atoms with Crippen molar-refractivity contribution < 1.29 is 22.5 Å². The molecule has 1 amide bonds. The highest BCUT2D eigenvalue weighted by atomic mass is 35.5. The molecule has 0 unspecified atom stereocenters. The van der Waals surface area contributed by atoms with Crippen molar-refractivity contribution in [2.24, 2.45) is 0 Å². The van der Waals surface area contributed by atoms with E-state index in [9.17, 15) is 27.7 Å². The van der Waals surface area contributed by atoms with Gasteiger partial charge in [-0.2, -0.15) is 4.31 Å². The van der Waals surface area contributed by atoms with E-state index in [1.165, 1.54) is 28.6 Å². The van der Waals surface area contributed by atoms with Crippen molar-refractivity contribution in [2.45, 2.75) is 17.7 Å². The first-order valence-corrected chi connectivity index (χ1v) is 12.3. The summed E-state index contributed by atoms with van der Waals surface area (Å²) in [4.78, 5) is 26.8. The van der Waals surface area contributed by atoms with Gasteiger partial charge < -0.3 is 9.80 Å². The molecule has 0 radical (unpaired) electrons. The van der Waals surface area contributed by atoms with E-state index in [0.717, 1.165) is 25.0 Å². The zero-order valence-electron chi connectivity index (χ0n) is 17.6. The molecule has 2 aromatic carbocycles. The first-order chi connectivity index (χ1) is 15.7. The number of halogens is 2. The normalized spacial score (nSPS) is 17.4. The van der Waals surface area contributed by atoms with E-state index in [-0.39, 0.29) is 40.2 Å². The largest absolute Gasteiger partial charge is 0.367 e. The van der Waals surface area contributed by atoms with Crippen LogP contribution in [0.2, 0.25) is 5.02 Å². The number of nitro benzene ring substituents is 1. The quantitative estimate of drug-likeness (QED) is 0.465. The van der Waals surface area contributed by atoms with E-state index in [4.69, 9.17) is 11.6 Å². The maximum absolute atomic E-state index is 13.3. The summed E-state index contributed by atoms with van der Waals surface area (Å²) in [5, 5.41) is 11.3. The van der Waals surface area contributed by atoms with Crippen LogP contribution in [-0.2, 0) is 10.0 Å². The molecule has 0 spiro atoms. The lowest BCUT2D eigenvalue weighted by Gasteiger charge is -2.37. The van der Waals surface area contributed by atoms with Gasteiger partial charge in [-0.1, -0.05) is 11.6 Å². The lowest BCUT2D eigenvalue weighted by atomic mass is 10.1. The van der Waals surface area contributed by atoms with E-state index in [1.807, 2.05) is 4.90 Å². The van der Waals surface area contributed by atoms with Gasteiger partial charge in [0.15, 0.2) is 0 Å². The molecule has 33 heavy (non-hydrogen) atoms. The van der Waals surface area contributed by atoms with E-state index in [2.05, 4.69) is 0 Å². The minimum atomic E-state index is -3.90. The summed E-state index contributed by atoms with van der Waals surface area (Å²) < 4.78 is 41.2. The van der Waals surface area contributed by atoms with Crippen molar-refractivity contribution in [3.8, 4) is 0 Å². The molecule has 0 saturated carbocycles. The molecule has 2 aliphatic heterocycles. The number of hydrogen-bond acceptors (Lipinski definition) is 6. The van der Waals surface area contributed by atoms with Crippen LogP contribution in [0.3, 0.4) is 0 Å². The molecule has 0 aromatic heterocycles. The predicted molar refractivity (Wildman–Crippen MR) is 121 cm³/mol. The van der Waals surface area contributed by atoms with Crippen molar-refractivity contribution in [3.05, 3.63) is 62.9 Å². The highest BCUT2D eigenvalue weighted by Gasteiger charge is 2.33. The van der Waals surface area contributed by atoms with Gasteiger partial charge in [0.1, 0.15) is 10.7 Å². The number of anilines is 1. The zero-order valence-corrected chi connectivity index (χ0v) is 19.2. The molecule has 9 nitrogen and oxygen atoms in total. The van der Waals surface area contributed by atoms with Gasteiger partial charge in [0.05, 0.1) is 21.2 Å². The first-order valence-electron chi connectivity index (χ1n) is 10.5. The van der Waals surface area contributed by atoms with Crippen LogP contribution >= 0.6 is 11.6 Å². The second-order valence-electron chi connectivity index (χ2n) is 7.92. The van der Waals surface area contributed by atoms with E-state index in [0.29, 0.717) is 31.9 Å². The molecule has 0 aliphatic carbocycles. The van der Waals surface area contributed by atoms with Gasteiger partial charge in [-0.3, -0.25) is 14.9 Å². The Hall–Kier alpha value is -2.76. The molecule has 4 rings (SSSR count). The number of nitrogens with zero attached hydrogens (tertiary/aromatic N) is 4. The Kier molecular flexibility index (Phi) is 6.55. The number of nitro groups is 1. The Bertz CT molecular complexity index is 1200. The van der Waals surface area contributed by atoms with Crippen LogP contribution in [0, 0.1) is 15.9 Å². The summed E-state index contributed by atoms with van der Waals surface area (Å²) in [6.07, 6.45) is 1.49. The summed E-state index contributed by atoms with van der Waals surface area (Å²) in [5.41, 5.74) is 0.273. The smallest absolute Gasteiger partial charge is 0.270 e. The average molecular weight is 497 g/mol. The Morgan fingerprint density at radius 2 is 1.67 bits per heavy atom. The van der Waals surface area contributed by atoms with Crippen LogP contribution < -0.4 is 4.90 Å². The third-order valence-electron chi connectivity index (χ3n) is 5.91. The van der Waals surface area contributed by atoms with Crippen LogP contribution in [0.25, 0.3) is 0 Å². The van der Waals surface area contributed by atoms with Crippen LogP contribution in [0.1, 0.15) is 23.2 Å². The fraction of sp³-hybridized carbons (Fsp3) is 0.381. The highest BCUT2D eigenvalue weighted by Crippen LogP contribution is 2.33. The summed E-state index contributed by atoms with van der Waals surface area (Å²) in [6, 6.07) is 7.44. The number of benzene rings is 2. The predicted octanol–water partition coefficient (Wildman–Crippen LogP) is 3.13. The molecule has 2 aliphatic rings. The Morgan fingerprint density at radius 1 is 1.00 bits per heavy atom. The van der Waals surface area contributed by atoms with Crippen molar-refractivity contribution in [3.63, 3.8) is 0 Å². The fourth-order valence-electron chi connectivity index (χ4n) is 4.14. The average Bonchev–Trinajstić information content (AvgIpc) is 3.34. The van der Waals surface area contributed by atoms with Gasteiger partial charge in [-0.25, -0.2) is 12.8 Å². The molecule has 2 fully saturated rings. The number of amides is 1. The molecule has 2 saturated heterocycles. The van der Waals surface area contributed by atoms with Gasteiger partial charge in [0.2, 0.25) is 10.0 Å². The number of sulfonamides is 1. The van der Waals surface area contributed by atoms with Gasteiger partial charge in [0, 0.05) is 51.4 Å². The summed E-state index contributed by atoms with van der Waals surface area (Å²) in [7, 11) is -3.90. The number of piperazine rings is 1. The lowest BCUT2D eigenvalue weighted by Crippen LogP contribution is -2.49. The molecule has 2 heterocycles. The second-order valence-corrected chi connectivity index (χ2v) is 10.2. The van der Waals surface area contributed by atoms with E-state index >= 15 is 0 Å². The monoisotopic (exact) mass is 496 g/mol. The molecule has 0 bridgehead atoms. The van der Waals surface area contributed by atoms with E-state index in [1.54, 1.807) is 4.90 Å². The number of non-ortho nitro benzene ring substituents is 1. The van der Waals surface area contributed by atoms with Crippen LogP contribution in [0.5, 0.6) is 0 Å². The van der Waals surface area contributed by atoms with Gasteiger partial charge in [0.25, 0.3) is 11.6 Å².